The lowest BCUT2D eigenvalue weighted by Gasteiger charge is -2.04. The number of H-pyrrole nitrogens is 1. The van der Waals surface area contributed by atoms with Gasteiger partial charge in [0.1, 0.15) is 5.82 Å². The zero-order valence-corrected chi connectivity index (χ0v) is 8.96. The van der Waals surface area contributed by atoms with Gasteiger partial charge in [-0.2, -0.15) is 0 Å². The van der Waals surface area contributed by atoms with Crippen LogP contribution in [-0.4, -0.2) is 27.1 Å². The third-order valence-electron chi connectivity index (χ3n) is 1.67. The molecule has 14 heavy (non-hydrogen) atoms. The van der Waals surface area contributed by atoms with Crippen LogP contribution in [-0.2, 0) is 0 Å². The minimum atomic E-state index is -0.233. The number of amides is 1. The number of rotatable bonds is 3. The maximum absolute atomic E-state index is 11.4. The number of carbonyl (C=O) groups is 1. The van der Waals surface area contributed by atoms with E-state index in [-0.39, 0.29) is 23.7 Å². The normalized spacial score (nSPS) is 11.0. The number of aromatic amines is 1. The molecule has 0 saturated carbocycles. The first-order valence-corrected chi connectivity index (χ1v) is 4.74. The summed E-state index contributed by atoms with van der Waals surface area (Å²) < 4.78 is 0. The van der Waals surface area contributed by atoms with Gasteiger partial charge in [-0.05, 0) is 13.8 Å². The van der Waals surface area contributed by atoms with Gasteiger partial charge in [0.15, 0.2) is 0 Å². The molecule has 5 heteroatoms. The van der Waals surface area contributed by atoms with E-state index >= 15 is 0 Å². The van der Waals surface area contributed by atoms with E-state index in [1.807, 2.05) is 27.7 Å². The van der Waals surface area contributed by atoms with Gasteiger partial charge in [0.2, 0.25) is 5.82 Å². The Balaban J connectivity index is 2.71. The number of hydrogen-bond donors (Lipinski definition) is 2. The zero-order chi connectivity index (χ0) is 10.7. The van der Waals surface area contributed by atoms with Crippen LogP contribution in [0.4, 0.5) is 0 Å². The molecule has 0 aromatic carbocycles. The SMILES string of the molecule is CC(C)NC(=O)c1n[nH]c(C(C)C)n1. The van der Waals surface area contributed by atoms with Crippen molar-refractivity contribution in [3.05, 3.63) is 11.6 Å². The van der Waals surface area contributed by atoms with Crippen molar-refractivity contribution in [1.29, 1.82) is 0 Å². The number of hydrogen-bond acceptors (Lipinski definition) is 3. The van der Waals surface area contributed by atoms with Gasteiger partial charge < -0.3 is 5.32 Å². The maximum Gasteiger partial charge on any atom is 0.291 e. The van der Waals surface area contributed by atoms with Gasteiger partial charge in [-0.3, -0.25) is 9.89 Å². The fourth-order valence-corrected chi connectivity index (χ4v) is 0.961. The minimum Gasteiger partial charge on any atom is -0.347 e. The summed E-state index contributed by atoms with van der Waals surface area (Å²) in [7, 11) is 0. The molecule has 0 aliphatic heterocycles. The Hall–Kier alpha value is -1.39. The first kappa shape index (κ1) is 10.7. The quantitative estimate of drug-likeness (QED) is 0.759. The maximum atomic E-state index is 11.4. The van der Waals surface area contributed by atoms with Crippen LogP contribution in [0.3, 0.4) is 0 Å². The lowest BCUT2D eigenvalue weighted by atomic mass is 10.2. The Morgan fingerprint density at radius 1 is 1.36 bits per heavy atom. The molecule has 0 saturated heterocycles. The summed E-state index contributed by atoms with van der Waals surface area (Å²) in [5, 5.41) is 9.31. The molecule has 0 fully saturated rings. The van der Waals surface area contributed by atoms with Crippen LogP contribution < -0.4 is 5.32 Å². The van der Waals surface area contributed by atoms with Crippen molar-refractivity contribution in [3.8, 4) is 0 Å². The van der Waals surface area contributed by atoms with Crippen LogP contribution >= 0.6 is 0 Å². The van der Waals surface area contributed by atoms with Crippen molar-refractivity contribution in [3.63, 3.8) is 0 Å². The second kappa shape index (κ2) is 4.21. The highest BCUT2D eigenvalue weighted by Gasteiger charge is 2.14. The molecular weight excluding hydrogens is 180 g/mol. The average Bonchev–Trinajstić information content (AvgIpc) is 2.50. The highest BCUT2D eigenvalue weighted by Crippen LogP contribution is 2.07. The van der Waals surface area contributed by atoms with Crippen molar-refractivity contribution < 1.29 is 4.79 Å². The molecule has 0 atom stereocenters. The molecule has 1 aromatic heterocycles. The van der Waals surface area contributed by atoms with Crippen LogP contribution in [0.25, 0.3) is 0 Å². The third-order valence-corrected chi connectivity index (χ3v) is 1.67. The predicted molar refractivity (Wildman–Crippen MR) is 53.1 cm³/mol. The molecule has 0 bridgehead atoms. The van der Waals surface area contributed by atoms with E-state index in [2.05, 4.69) is 20.5 Å². The molecule has 5 nitrogen and oxygen atoms in total. The molecule has 78 valence electrons. The summed E-state index contributed by atoms with van der Waals surface area (Å²) in [5.41, 5.74) is 0. The molecule has 0 aliphatic carbocycles. The summed E-state index contributed by atoms with van der Waals surface area (Å²) in [6, 6.07) is 0.100. The lowest BCUT2D eigenvalue weighted by Crippen LogP contribution is -2.30. The van der Waals surface area contributed by atoms with E-state index in [9.17, 15) is 4.79 Å². The molecule has 1 rings (SSSR count). The summed E-state index contributed by atoms with van der Waals surface area (Å²) in [4.78, 5) is 15.5. The molecule has 0 unspecified atom stereocenters. The van der Waals surface area contributed by atoms with Crippen LogP contribution in [0.1, 0.15) is 50.1 Å². The van der Waals surface area contributed by atoms with E-state index in [4.69, 9.17) is 0 Å². The monoisotopic (exact) mass is 196 g/mol. The number of aromatic nitrogens is 3. The number of nitrogens with zero attached hydrogens (tertiary/aromatic N) is 2. The largest absolute Gasteiger partial charge is 0.347 e. The molecule has 0 spiro atoms. The van der Waals surface area contributed by atoms with Gasteiger partial charge in [-0.25, -0.2) is 4.98 Å². The standard InChI is InChI=1S/C9H16N4O/c1-5(2)7-11-8(13-12-7)9(14)10-6(3)4/h5-6H,1-4H3,(H,10,14)(H,11,12,13). The van der Waals surface area contributed by atoms with E-state index in [1.54, 1.807) is 0 Å². The molecule has 1 heterocycles. The Morgan fingerprint density at radius 3 is 2.43 bits per heavy atom. The summed E-state index contributed by atoms with van der Waals surface area (Å²) in [5.74, 6) is 0.965. The Bertz CT molecular complexity index is 316. The van der Waals surface area contributed by atoms with Gasteiger partial charge in [0.25, 0.3) is 5.91 Å². The van der Waals surface area contributed by atoms with Crippen molar-refractivity contribution in [2.45, 2.75) is 39.7 Å². The van der Waals surface area contributed by atoms with Crippen molar-refractivity contribution >= 4 is 5.91 Å². The van der Waals surface area contributed by atoms with Crippen molar-refractivity contribution in [2.24, 2.45) is 0 Å². The highest BCUT2D eigenvalue weighted by molar-refractivity contribution is 5.90. The molecule has 1 aromatic rings. The van der Waals surface area contributed by atoms with Gasteiger partial charge in [0.05, 0.1) is 0 Å². The third kappa shape index (κ3) is 2.55. The molecule has 1 amide bonds. The second-order valence-corrected chi connectivity index (χ2v) is 3.83. The first-order chi connectivity index (χ1) is 6.50. The highest BCUT2D eigenvalue weighted by atomic mass is 16.2. The lowest BCUT2D eigenvalue weighted by molar-refractivity contribution is 0.0933. The Kier molecular flexibility index (Phi) is 3.22. The average molecular weight is 196 g/mol. The smallest absolute Gasteiger partial charge is 0.291 e. The summed E-state index contributed by atoms with van der Waals surface area (Å²) >= 11 is 0. The fourth-order valence-electron chi connectivity index (χ4n) is 0.961. The van der Waals surface area contributed by atoms with E-state index < -0.39 is 0 Å². The Labute approximate surface area is 83.3 Å². The van der Waals surface area contributed by atoms with Crippen LogP contribution in [0, 0.1) is 0 Å². The predicted octanol–water partition coefficient (Wildman–Crippen LogP) is 1.07. The van der Waals surface area contributed by atoms with Crippen LogP contribution in [0.15, 0.2) is 0 Å². The van der Waals surface area contributed by atoms with E-state index in [1.165, 1.54) is 0 Å². The molecular formula is C9H16N4O. The Morgan fingerprint density at radius 2 is 2.00 bits per heavy atom. The molecule has 2 N–H and O–H groups in total. The summed E-state index contributed by atoms with van der Waals surface area (Å²) in [6.45, 7) is 7.77. The van der Waals surface area contributed by atoms with Crippen molar-refractivity contribution in [2.75, 3.05) is 0 Å². The number of carbonyl (C=O) groups excluding carboxylic acids is 1. The number of nitrogens with one attached hydrogen (secondary N) is 2. The van der Waals surface area contributed by atoms with E-state index in [0.717, 1.165) is 5.82 Å². The van der Waals surface area contributed by atoms with Crippen LogP contribution in [0.2, 0.25) is 0 Å². The molecule has 0 aliphatic rings. The molecule has 0 radical (unpaired) electrons. The van der Waals surface area contributed by atoms with E-state index in [0.29, 0.717) is 0 Å². The van der Waals surface area contributed by atoms with Gasteiger partial charge in [-0.1, -0.05) is 13.8 Å². The van der Waals surface area contributed by atoms with Gasteiger partial charge in [0, 0.05) is 12.0 Å². The van der Waals surface area contributed by atoms with Crippen molar-refractivity contribution in [1.82, 2.24) is 20.5 Å². The zero-order valence-electron chi connectivity index (χ0n) is 8.96. The minimum absolute atomic E-state index is 0.100. The fraction of sp³-hybridized carbons (Fsp3) is 0.667. The summed E-state index contributed by atoms with van der Waals surface area (Å²) in [6.07, 6.45) is 0. The first-order valence-electron chi connectivity index (χ1n) is 4.74. The topological polar surface area (TPSA) is 70.7 Å². The van der Waals surface area contributed by atoms with Gasteiger partial charge >= 0.3 is 0 Å². The van der Waals surface area contributed by atoms with Crippen LogP contribution in [0.5, 0.6) is 0 Å². The second-order valence-electron chi connectivity index (χ2n) is 3.83. The van der Waals surface area contributed by atoms with Gasteiger partial charge in [-0.15, -0.1) is 5.10 Å².